The summed E-state index contributed by atoms with van der Waals surface area (Å²) in [4.78, 5) is 21.6. The van der Waals surface area contributed by atoms with Gasteiger partial charge in [-0.3, -0.25) is 9.36 Å². The van der Waals surface area contributed by atoms with E-state index >= 15 is 0 Å². The van der Waals surface area contributed by atoms with Crippen molar-refractivity contribution in [3.8, 4) is 0 Å². The minimum absolute atomic E-state index is 0.0114. The number of hydrogen-bond acceptors (Lipinski definition) is 7. The second-order valence-corrected chi connectivity index (χ2v) is 12.2. The Bertz CT molecular complexity index is 1510. The molecular weight excluding hydrogens is 497 g/mol. The Labute approximate surface area is 205 Å². The van der Waals surface area contributed by atoms with Gasteiger partial charge >= 0.3 is 0 Å². The highest BCUT2D eigenvalue weighted by atomic mass is 32.2. The number of aliphatic hydroxyl groups is 1. The number of nitrogens with zero attached hydrogens (tertiary/aromatic N) is 3. The van der Waals surface area contributed by atoms with E-state index in [1.807, 2.05) is 0 Å². The summed E-state index contributed by atoms with van der Waals surface area (Å²) in [5, 5.41) is 13.5. The van der Waals surface area contributed by atoms with Crippen molar-refractivity contribution in [2.45, 2.75) is 61.2 Å². The van der Waals surface area contributed by atoms with Gasteiger partial charge < -0.3 is 10.4 Å². The number of benzene rings is 1. The number of nitrogens with one attached hydrogen (secondary N) is 1. The molecule has 8 nitrogen and oxygen atoms in total. The number of rotatable bonds is 5. The number of alkyl halides is 2. The summed E-state index contributed by atoms with van der Waals surface area (Å²) >= 11 is 0. The Morgan fingerprint density at radius 1 is 1.17 bits per heavy atom. The van der Waals surface area contributed by atoms with E-state index in [9.17, 15) is 31.5 Å². The highest BCUT2D eigenvalue weighted by Gasteiger charge is 2.54. The number of halogens is 3. The fraction of sp³-hybridized carbons (Fsp3) is 0.458. The molecule has 3 atom stereocenters. The van der Waals surface area contributed by atoms with Crippen LogP contribution in [0.2, 0.25) is 0 Å². The maximum Gasteiger partial charge on any atom is 0.266 e. The van der Waals surface area contributed by atoms with Crippen LogP contribution in [0.15, 0.2) is 35.4 Å². The van der Waals surface area contributed by atoms with Crippen molar-refractivity contribution in [1.29, 1.82) is 0 Å². The molecule has 2 unspecified atom stereocenters. The SMILES string of the molecule is C[C@@H](Nc1ncnc2c1cc(C1(O)CC3CCC(C1)S3(=O)=O)c(=O)n2C)c1cccc(C(F)F)c1F. The van der Waals surface area contributed by atoms with Crippen LogP contribution in [0.25, 0.3) is 11.0 Å². The minimum Gasteiger partial charge on any atom is -0.385 e. The zero-order valence-electron chi connectivity index (χ0n) is 19.6. The fourth-order valence-corrected chi connectivity index (χ4v) is 8.03. The molecule has 0 saturated carbocycles. The zero-order chi connectivity index (χ0) is 26.0. The summed E-state index contributed by atoms with van der Waals surface area (Å²) in [5.41, 5.74) is -2.56. The highest BCUT2D eigenvalue weighted by Crippen LogP contribution is 2.47. The molecule has 36 heavy (non-hydrogen) atoms. The summed E-state index contributed by atoms with van der Waals surface area (Å²) in [7, 11) is -1.85. The van der Waals surface area contributed by atoms with Gasteiger partial charge in [0.05, 0.1) is 33.1 Å². The van der Waals surface area contributed by atoms with E-state index in [-0.39, 0.29) is 35.4 Å². The summed E-state index contributed by atoms with van der Waals surface area (Å²) in [6, 6.07) is 4.44. The van der Waals surface area contributed by atoms with Gasteiger partial charge in [-0.1, -0.05) is 18.2 Å². The monoisotopic (exact) mass is 522 g/mol. The van der Waals surface area contributed by atoms with E-state index in [2.05, 4.69) is 15.3 Å². The maximum absolute atomic E-state index is 14.7. The molecule has 4 heterocycles. The average molecular weight is 523 g/mol. The van der Waals surface area contributed by atoms with Crippen LogP contribution in [0.4, 0.5) is 19.0 Å². The van der Waals surface area contributed by atoms with Gasteiger partial charge in [-0.25, -0.2) is 31.6 Å². The van der Waals surface area contributed by atoms with Crippen molar-refractivity contribution in [1.82, 2.24) is 14.5 Å². The van der Waals surface area contributed by atoms with Crippen LogP contribution in [-0.4, -0.2) is 38.6 Å². The summed E-state index contributed by atoms with van der Waals surface area (Å²) in [6.45, 7) is 1.59. The molecule has 2 bridgehead atoms. The first kappa shape index (κ1) is 24.7. The number of anilines is 1. The van der Waals surface area contributed by atoms with Crippen molar-refractivity contribution >= 4 is 26.7 Å². The molecule has 0 amide bonds. The lowest BCUT2D eigenvalue weighted by Crippen LogP contribution is -2.46. The van der Waals surface area contributed by atoms with Crippen molar-refractivity contribution in [2.75, 3.05) is 5.32 Å². The van der Waals surface area contributed by atoms with Gasteiger partial charge in [0.2, 0.25) is 0 Å². The Kier molecular flexibility index (Phi) is 5.86. The number of sulfone groups is 1. The summed E-state index contributed by atoms with van der Waals surface area (Å²) < 4.78 is 67.5. The van der Waals surface area contributed by atoms with Crippen LogP contribution in [0.3, 0.4) is 0 Å². The van der Waals surface area contributed by atoms with Gasteiger partial charge in [-0.2, -0.15) is 0 Å². The van der Waals surface area contributed by atoms with Gasteiger partial charge in [0.15, 0.2) is 9.84 Å². The summed E-state index contributed by atoms with van der Waals surface area (Å²) in [5.74, 6) is -0.812. The van der Waals surface area contributed by atoms with E-state index in [4.69, 9.17) is 0 Å². The molecule has 0 spiro atoms. The first-order valence-corrected chi connectivity index (χ1v) is 13.2. The number of fused-ring (bicyclic) bond motifs is 3. The Hall–Kier alpha value is -2.99. The van der Waals surface area contributed by atoms with Gasteiger partial charge in [-0.15, -0.1) is 0 Å². The normalized spacial score (nSPS) is 25.9. The van der Waals surface area contributed by atoms with E-state index in [1.54, 1.807) is 6.92 Å². The molecule has 0 radical (unpaired) electrons. The van der Waals surface area contributed by atoms with E-state index in [0.29, 0.717) is 18.2 Å². The first-order valence-electron chi connectivity index (χ1n) is 11.6. The second kappa shape index (κ2) is 8.55. The number of hydrogen-bond donors (Lipinski definition) is 2. The Morgan fingerprint density at radius 2 is 1.81 bits per heavy atom. The third kappa shape index (κ3) is 3.78. The molecule has 2 aromatic heterocycles. The first-order chi connectivity index (χ1) is 16.9. The topological polar surface area (TPSA) is 114 Å². The fourth-order valence-electron chi connectivity index (χ4n) is 5.54. The van der Waals surface area contributed by atoms with Crippen LogP contribution in [0, 0.1) is 5.82 Å². The second-order valence-electron chi connectivity index (χ2n) is 9.65. The smallest absolute Gasteiger partial charge is 0.266 e. The third-order valence-corrected chi connectivity index (χ3v) is 10.2. The van der Waals surface area contributed by atoms with Crippen molar-refractivity contribution < 1.29 is 26.7 Å². The lowest BCUT2D eigenvalue weighted by molar-refractivity contribution is 0.0158. The molecule has 2 fully saturated rings. The molecule has 5 rings (SSSR count). The molecule has 2 N–H and O–H groups in total. The van der Waals surface area contributed by atoms with Gasteiger partial charge in [-0.05, 0) is 38.7 Å². The lowest BCUT2D eigenvalue weighted by atomic mass is 9.86. The lowest BCUT2D eigenvalue weighted by Gasteiger charge is -2.36. The van der Waals surface area contributed by atoms with Crippen LogP contribution < -0.4 is 10.9 Å². The largest absolute Gasteiger partial charge is 0.385 e. The van der Waals surface area contributed by atoms with E-state index < -0.39 is 55.3 Å². The van der Waals surface area contributed by atoms with Crippen molar-refractivity contribution in [2.24, 2.45) is 7.05 Å². The molecule has 0 aliphatic carbocycles. The molecule has 2 aliphatic heterocycles. The molecular formula is C24H25F3N4O4S. The highest BCUT2D eigenvalue weighted by molar-refractivity contribution is 7.93. The number of pyridine rings is 1. The minimum atomic E-state index is -3.34. The molecule has 1 aromatic carbocycles. The standard InChI is InChI=1S/C24H25F3N4O4S/c1-12(15-4-3-5-16(19(15)25)20(26)27)30-21-17-8-18(23(32)31(2)22(17)29-11-28-21)24(33)9-13-6-7-14(10-24)36(13,34)35/h3-5,8,11-14,20,33H,6-7,9-10H2,1-2H3,(H,28,29,30)/t12-,13?,14?,24?/m1/s1. The molecule has 3 aromatic rings. The van der Waals surface area contributed by atoms with Gasteiger partial charge in [0, 0.05) is 18.2 Å². The predicted molar refractivity (Wildman–Crippen MR) is 127 cm³/mol. The quantitative estimate of drug-likeness (QED) is 0.527. The molecule has 2 saturated heterocycles. The molecule has 12 heteroatoms. The van der Waals surface area contributed by atoms with E-state index in [0.717, 1.165) is 6.07 Å². The maximum atomic E-state index is 14.7. The number of aryl methyl sites for hydroxylation is 1. The van der Waals surface area contributed by atoms with Crippen LogP contribution in [-0.2, 0) is 22.5 Å². The van der Waals surface area contributed by atoms with Crippen LogP contribution in [0.5, 0.6) is 0 Å². The Balaban J connectivity index is 1.58. The van der Waals surface area contributed by atoms with Gasteiger partial charge in [0.1, 0.15) is 23.6 Å². The summed E-state index contributed by atoms with van der Waals surface area (Å²) in [6.07, 6.45) is -1.02. The van der Waals surface area contributed by atoms with Crippen LogP contribution in [0.1, 0.15) is 61.8 Å². The molecule has 2 aliphatic rings. The van der Waals surface area contributed by atoms with Gasteiger partial charge in [0.25, 0.3) is 12.0 Å². The molecule has 192 valence electrons. The van der Waals surface area contributed by atoms with E-state index in [1.165, 1.54) is 36.1 Å². The average Bonchev–Trinajstić information content (AvgIpc) is 2.97. The predicted octanol–water partition coefficient (Wildman–Crippen LogP) is 3.51. The van der Waals surface area contributed by atoms with Crippen LogP contribution >= 0.6 is 0 Å². The number of aromatic nitrogens is 3. The van der Waals surface area contributed by atoms with Crippen molar-refractivity contribution in [3.05, 3.63) is 63.5 Å². The zero-order valence-corrected chi connectivity index (χ0v) is 20.4. The Morgan fingerprint density at radius 3 is 2.44 bits per heavy atom. The van der Waals surface area contributed by atoms with Crippen molar-refractivity contribution in [3.63, 3.8) is 0 Å². The third-order valence-electron chi connectivity index (χ3n) is 7.49.